The van der Waals surface area contributed by atoms with Crippen molar-refractivity contribution in [2.24, 2.45) is 5.41 Å². The summed E-state index contributed by atoms with van der Waals surface area (Å²) in [6, 6.07) is 10.0. The molecule has 5 nitrogen and oxygen atoms in total. The maximum absolute atomic E-state index is 12.6. The summed E-state index contributed by atoms with van der Waals surface area (Å²) in [5.74, 6) is -0.278. The van der Waals surface area contributed by atoms with Gasteiger partial charge in [-0.1, -0.05) is 30.3 Å². The lowest BCUT2D eigenvalue weighted by molar-refractivity contribution is -0.149. The number of likely N-dealkylation sites (N-methyl/N-ethyl adjacent to an activating group) is 1. The number of nitrogens with zero attached hydrogens (tertiary/aromatic N) is 2. The molecule has 2 amide bonds. The van der Waals surface area contributed by atoms with Crippen LogP contribution < -0.4 is 5.32 Å². The lowest BCUT2D eigenvalue weighted by Gasteiger charge is -2.36. The van der Waals surface area contributed by atoms with Crippen LogP contribution in [0.1, 0.15) is 19.4 Å². The van der Waals surface area contributed by atoms with Crippen molar-refractivity contribution in [3.8, 4) is 0 Å². The second-order valence-corrected chi connectivity index (χ2v) is 6.71. The minimum absolute atomic E-state index is 0.0807. The number of carbonyl (C=O) groups is 2. The van der Waals surface area contributed by atoms with Gasteiger partial charge in [0.2, 0.25) is 11.8 Å². The van der Waals surface area contributed by atoms with E-state index in [2.05, 4.69) is 10.2 Å². The van der Waals surface area contributed by atoms with Gasteiger partial charge in [0.1, 0.15) is 5.41 Å². The molecule has 0 unspecified atom stereocenters. The number of piperazine rings is 1. The molecular formula is C18H27N3O2. The van der Waals surface area contributed by atoms with Gasteiger partial charge in [0, 0.05) is 32.7 Å². The van der Waals surface area contributed by atoms with Crippen molar-refractivity contribution < 1.29 is 9.59 Å². The van der Waals surface area contributed by atoms with E-state index >= 15 is 0 Å². The average Bonchev–Trinajstić information content (AvgIpc) is 2.55. The zero-order valence-corrected chi connectivity index (χ0v) is 14.3. The molecule has 0 aliphatic carbocycles. The summed E-state index contributed by atoms with van der Waals surface area (Å²) in [6.45, 7) is 7.07. The summed E-state index contributed by atoms with van der Waals surface area (Å²) in [4.78, 5) is 29.1. The molecule has 0 atom stereocenters. The Morgan fingerprint density at radius 3 is 2.30 bits per heavy atom. The zero-order valence-electron chi connectivity index (χ0n) is 14.3. The predicted octanol–water partition coefficient (Wildman–Crippen LogP) is 1.15. The van der Waals surface area contributed by atoms with Crippen molar-refractivity contribution in [2.45, 2.75) is 20.3 Å². The molecule has 1 aromatic rings. The molecular weight excluding hydrogens is 290 g/mol. The molecule has 0 spiro atoms. The Kier molecular flexibility index (Phi) is 5.77. The third-order valence-corrected chi connectivity index (χ3v) is 4.43. The van der Waals surface area contributed by atoms with Crippen LogP contribution in [0, 0.1) is 5.41 Å². The standard InChI is InChI=1S/C18H27N3O2/c1-18(2,17(23)21-13-11-20(3)12-14-21)16(22)19-10-9-15-7-5-4-6-8-15/h4-8H,9-14H2,1-3H3,(H,19,22). The molecule has 1 aromatic carbocycles. The first-order valence-electron chi connectivity index (χ1n) is 8.21. The van der Waals surface area contributed by atoms with Gasteiger partial charge in [-0.3, -0.25) is 9.59 Å². The lowest BCUT2D eigenvalue weighted by Crippen LogP contribution is -2.55. The van der Waals surface area contributed by atoms with Crippen LogP contribution in [-0.4, -0.2) is 61.4 Å². The van der Waals surface area contributed by atoms with Crippen molar-refractivity contribution in [2.75, 3.05) is 39.8 Å². The first-order valence-corrected chi connectivity index (χ1v) is 8.21. The molecule has 2 rings (SSSR count). The maximum Gasteiger partial charge on any atom is 0.237 e. The summed E-state index contributed by atoms with van der Waals surface area (Å²) < 4.78 is 0. The lowest BCUT2D eigenvalue weighted by atomic mass is 9.90. The van der Waals surface area contributed by atoms with Gasteiger partial charge < -0.3 is 15.1 Å². The second kappa shape index (κ2) is 7.59. The minimum Gasteiger partial charge on any atom is -0.355 e. The Morgan fingerprint density at radius 2 is 1.70 bits per heavy atom. The number of carbonyl (C=O) groups excluding carboxylic acids is 2. The van der Waals surface area contributed by atoms with Gasteiger partial charge in [-0.05, 0) is 32.9 Å². The van der Waals surface area contributed by atoms with Gasteiger partial charge in [-0.25, -0.2) is 0 Å². The molecule has 23 heavy (non-hydrogen) atoms. The molecule has 0 radical (unpaired) electrons. The monoisotopic (exact) mass is 317 g/mol. The smallest absolute Gasteiger partial charge is 0.237 e. The Balaban J connectivity index is 1.85. The van der Waals surface area contributed by atoms with Gasteiger partial charge in [-0.15, -0.1) is 0 Å². The molecule has 0 saturated carbocycles. The van der Waals surface area contributed by atoms with Crippen LogP contribution in [0.4, 0.5) is 0 Å². The van der Waals surface area contributed by atoms with E-state index in [0.29, 0.717) is 19.6 Å². The van der Waals surface area contributed by atoms with Crippen molar-refractivity contribution in [1.82, 2.24) is 15.1 Å². The van der Waals surface area contributed by atoms with Crippen LogP contribution in [0.3, 0.4) is 0 Å². The van der Waals surface area contributed by atoms with E-state index < -0.39 is 5.41 Å². The fourth-order valence-electron chi connectivity index (χ4n) is 2.69. The van der Waals surface area contributed by atoms with E-state index in [-0.39, 0.29) is 11.8 Å². The SMILES string of the molecule is CN1CCN(C(=O)C(C)(C)C(=O)NCCc2ccccc2)CC1. The average molecular weight is 317 g/mol. The maximum atomic E-state index is 12.6. The first kappa shape index (κ1) is 17.5. The topological polar surface area (TPSA) is 52.7 Å². The highest BCUT2D eigenvalue weighted by Gasteiger charge is 2.39. The molecule has 126 valence electrons. The highest BCUT2D eigenvalue weighted by Crippen LogP contribution is 2.20. The third kappa shape index (κ3) is 4.55. The molecule has 1 fully saturated rings. The number of hydrogen-bond donors (Lipinski definition) is 1. The molecule has 1 saturated heterocycles. The van der Waals surface area contributed by atoms with E-state index in [9.17, 15) is 9.59 Å². The zero-order chi connectivity index (χ0) is 16.9. The number of benzene rings is 1. The molecule has 1 aliphatic heterocycles. The normalized spacial score (nSPS) is 16.2. The first-order chi connectivity index (χ1) is 10.9. The van der Waals surface area contributed by atoms with Crippen LogP contribution in [-0.2, 0) is 16.0 Å². The highest BCUT2D eigenvalue weighted by atomic mass is 16.2. The van der Waals surface area contributed by atoms with Crippen LogP contribution in [0.2, 0.25) is 0 Å². The summed E-state index contributed by atoms with van der Waals surface area (Å²) in [6.07, 6.45) is 0.769. The fraction of sp³-hybridized carbons (Fsp3) is 0.556. The molecule has 1 aliphatic rings. The minimum atomic E-state index is -1.02. The van der Waals surface area contributed by atoms with Crippen LogP contribution >= 0.6 is 0 Å². The van der Waals surface area contributed by atoms with Crippen molar-refractivity contribution in [3.63, 3.8) is 0 Å². The van der Waals surface area contributed by atoms with E-state index in [0.717, 1.165) is 19.5 Å². The van der Waals surface area contributed by atoms with Gasteiger partial charge in [0.25, 0.3) is 0 Å². The van der Waals surface area contributed by atoms with Crippen LogP contribution in [0.5, 0.6) is 0 Å². The number of nitrogens with one attached hydrogen (secondary N) is 1. The molecule has 1 N–H and O–H groups in total. The van der Waals surface area contributed by atoms with Gasteiger partial charge in [0.05, 0.1) is 0 Å². The summed E-state index contributed by atoms with van der Waals surface area (Å²) in [7, 11) is 2.04. The molecule has 1 heterocycles. The molecule has 5 heteroatoms. The van der Waals surface area contributed by atoms with Crippen LogP contribution in [0.15, 0.2) is 30.3 Å². The van der Waals surface area contributed by atoms with E-state index in [1.165, 1.54) is 5.56 Å². The van der Waals surface area contributed by atoms with Gasteiger partial charge >= 0.3 is 0 Å². The predicted molar refractivity (Wildman–Crippen MR) is 91.0 cm³/mol. The van der Waals surface area contributed by atoms with Crippen LogP contribution in [0.25, 0.3) is 0 Å². The fourth-order valence-corrected chi connectivity index (χ4v) is 2.69. The quantitative estimate of drug-likeness (QED) is 0.829. The molecule has 0 aromatic heterocycles. The third-order valence-electron chi connectivity index (χ3n) is 4.43. The summed E-state index contributed by atoms with van der Waals surface area (Å²) >= 11 is 0. The highest BCUT2D eigenvalue weighted by molar-refractivity contribution is 6.04. The van der Waals surface area contributed by atoms with E-state index in [1.54, 1.807) is 18.7 Å². The Labute approximate surface area is 138 Å². The second-order valence-electron chi connectivity index (χ2n) is 6.71. The largest absolute Gasteiger partial charge is 0.355 e. The molecule has 0 bridgehead atoms. The van der Waals surface area contributed by atoms with Crippen molar-refractivity contribution >= 4 is 11.8 Å². The van der Waals surface area contributed by atoms with Crippen molar-refractivity contribution in [1.29, 1.82) is 0 Å². The number of hydrogen-bond acceptors (Lipinski definition) is 3. The van der Waals surface area contributed by atoms with E-state index in [4.69, 9.17) is 0 Å². The van der Waals surface area contributed by atoms with Crippen molar-refractivity contribution in [3.05, 3.63) is 35.9 Å². The summed E-state index contributed by atoms with van der Waals surface area (Å²) in [5.41, 5.74) is 0.156. The summed E-state index contributed by atoms with van der Waals surface area (Å²) in [5, 5.41) is 2.90. The van der Waals surface area contributed by atoms with E-state index in [1.807, 2.05) is 37.4 Å². The van der Waals surface area contributed by atoms with Gasteiger partial charge in [-0.2, -0.15) is 0 Å². The number of amides is 2. The Hall–Kier alpha value is -1.88. The Bertz CT molecular complexity index is 534. The Morgan fingerprint density at radius 1 is 1.09 bits per heavy atom. The number of rotatable bonds is 5. The van der Waals surface area contributed by atoms with Gasteiger partial charge in [0.15, 0.2) is 0 Å².